The number of benzene rings is 1. The molecule has 0 bridgehead atoms. The maximum absolute atomic E-state index is 11.4. The number of aliphatic carboxylic acids is 2. The van der Waals surface area contributed by atoms with Gasteiger partial charge in [0.2, 0.25) is 6.29 Å². The first-order valence-electron chi connectivity index (χ1n) is 11.1. The van der Waals surface area contributed by atoms with Gasteiger partial charge in [-0.3, -0.25) is 0 Å². The molecule has 4 rings (SSSR count). The van der Waals surface area contributed by atoms with Crippen LogP contribution in [0.3, 0.4) is 0 Å². The summed E-state index contributed by atoms with van der Waals surface area (Å²) >= 11 is 0. The SMILES string of the molecule is O=C(O)[C@@H]1Cc2cc(O[C@@H]3O[C@H](CO)[C@@H](O)[C@H](O)[C@H]3O[C@@H]3O[C@H](C(=O)O)[C@@H](O)[C@H](O)[C@H]3O)c(O)cc2N1. The molecule has 0 aromatic heterocycles. The molecule has 3 heterocycles. The summed E-state index contributed by atoms with van der Waals surface area (Å²) in [6, 6.07) is 1.56. The highest BCUT2D eigenvalue weighted by Gasteiger charge is 2.52. The molecular formula is C21H27NO15. The van der Waals surface area contributed by atoms with Crippen LogP contribution in [0, 0.1) is 0 Å². The molecular weight excluding hydrogens is 506 g/mol. The Labute approximate surface area is 207 Å². The lowest BCUT2D eigenvalue weighted by Gasteiger charge is -2.45. The Balaban J connectivity index is 1.60. The third-order valence-electron chi connectivity index (χ3n) is 6.41. The highest BCUT2D eigenvalue weighted by molar-refractivity contribution is 5.82. The van der Waals surface area contributed by atoms with Gasteiger partial charge in [0.05, 0.1) is 6.61 Å². The minimum atomic E-state index is -2.02. The van der Waals surface area contributed by atoms with Gasteiger partial charge in [-0.1, -0.05) is 0 Å². The summed E-state index contributed by atoms with van der Waals surface area (Å²) in [6.45, 7) is -0.778. The van der Waals surface area contributed by atoms with Gasteiger partial charge < -0.3 is 70.2 Å². The van der Waals surface area contributed by atoms with Crippen molar-refractivity contribution < 1.29 is 74.5 Å². The third-order valence-corrected chi connectivity index (χ3v) is 6.41. The summed E-state index contributed by atoms with van der Waals surface area (Å²) in [5.41, 5.74) is 0.796. The Morgan fingerprint density at radius 3 is 2.24 bits per heavy atom. The summed E-state index contributed by atoms with van der Waals surface area (Å²) in [7, 11) is 0. The first-order valence-corrected chi connectivity index (χ1v) is 11.1. The molecule has 0 radical (unpaired) electrons. The molecule has 206 valence electrons. The summed E-state index contributed by atoms with van der Waals surface area (Å²) in [4.78, 5) is 22.7. The fourth-order valence-corrected chi connectivity index (χ4v) is 4.36. The zero-order valence-electron chi connectivity index (χ0n) is 18.9. The third kappa shape index (κ3) is 5.15. The van der Waals surface area contributed by atoms with Gasteiger partial charge >= 0.3 is 11.9 Å². The van der Waals surface area contributed by atoms with E-state index in [4.69, 9.17) is 18.9 Å². The second-order valence-corrected chi connectivity index (χ2v) is 8.88. The van der Waals surface area contributed by atoms with E-state index in [1.807, 2.05) is 0 Å². The highest BCUT2D eigenvalue weighted by atomic mass is 16.8. The van der Waals surface area contributed by atoms with Gasteiger partial charge in [0.15, 0.2) is 30.0 Å². The van der Waals surface area contributed by atoms with Crippen LogP contribution in [0.2, 0.25) is 0 Å². The number of carbonyl (C=O) groups is 2. The molecule has 3 aliphatic rings. The van der Waals surface area contributed by atoms with Crippen molar-refractivity contribution in [3.05, 3.63) is 17.7 Å². The molecule has 10 N–H and O–H groups in total. The number of ether oxygens (including phenoxy) is 4. The number of hydrogen-bond donors (Lipinski definition) is 10. The number of aliphatic hydroxyl groups is 6. The molecule has 1 aromatic rings. The predicted molar refractivity (Wildman–Crippen MR) is 114 cm³/mol. The standard InChI is InChI=1S/C21H27NO15/c23-4-10-11(25)13(27)17(37-20-15(29)12(26)14(28)16(36-20)19(32)33)21(35-10)34-9-2-5-1-7(18(30)31)22-6(5)3-8(9)24/h2-3,7,10-17,20-29H,1,4H2,(H,30,31)(H,32,33)/t7-,10+,11+,12-,13-,14-,15+,16-,17+,20-,21+/m0/s1. The molecule has 1 aromatic carbocycles. The van der Waals surface area contributed by atoms with E-state index in [1.165, 1.54) is 12.1 Å². The molecule has 0 saturated carbocycles. The lowest BCUT2D eigenvalue weighted by molar-refractivity contribution is -0.353. The summed E-state index contributed by atoms with van der Waals surface area (Å²) in [5.74, 6) is -3.53. The van der Waals surface area contributed by atoms with E-state index in [1.54, 1.807) is 0 Å². The average Bonchev–Trinajstić information content (AvgIpc) is 3.26. The molecule has 16 nitrogen and oxygen atoms in total. The van der Waals surface area contributed by atoms with Crippen molar-refractivity contribution in [2.45, 2.75) is 73.9 Å². The van der Waals surface area contributed by atoms with E-state index < -0.39 is 91.7 Å². The number of rotatable bonds is 7. The van der Waals surface area contributed by atoms with Crippen LogP contribution in [0.25, 0.3) is 0 Å². The Bertz CT molecular complexity index is 1020. The Morgan fingerprint density at radius 2 is 1.62 bits per heavy atom. The van der Waals surface area contributed by atoms with Crippen LogP contribution in [0.5, 0.6) is 11.5 Å². The number of carboxylic acid groups (broad SMARTS) is 2. The van der Waals surface area contributed by atoms with Crippen molar-refractivity contribution >= 4 is 17.6 Å². The number of nitrogens with one attached hydrogen (secondary N) is 1. The highest BCUT2D eigenvalue weighted by Crippen LogP contribution is 2.39. The van der Waals surface area contributed by atoms with Crippen LogP contribution >= 0.6 is 0 Å². The Hall–Kier alpha value is -2.80. The molecule has 0 amide bonds. The zero-order valence-corrected chi connectivity index (χ0v) is 18.9. The van der Waals surface area contributed by atoms with Gasteiger partial charge in [-0.2, -0.15) is 0 Å². The number of aliphatic hydroxyl groups excluding tert-OH is 6. The fraction of sp³-hybridized carbons (Fsp3) is 0.619. The number of hydrogen-bond acceptors (Lipinski definition) is 14. The summed E-state index contributed by atoms with van der Waals surface area (Å²) in [5, 5.41) is 92.3. The van der Waals surface area contributed by atoms with E-state index in [9.17, 15) is 55.5 Å². The number of aromatic hydroxyl groups is 1. The normalized spacial score (nSPS) is 39.5. The van der Waals surface area contributed by atoms with Gasteiger partial charge in [0, 0.05) is 18.2 Å². The van der Waals surface area contributed by atoms with Crippen molar-refractivity contribution in [2.75, 3.05) is 11.9 Å². The van der Waals surface area contributed by atoms with E-state index >= 15 is 0 Å². The van der Waals surface area contributed by atoms with Crippen molar-refractivity contribution in [1.82, 2.24) is 0 Å². The molecule has 11 atom stereocenters. The van der Waals surface area contributed by atoms with Crippen LogP contribution < -0.4 is 10.1 Å². The minimum Gasteiger partial charge on any atom is -0.504 e. The van der Waals surface area contributed by atoms with Crippen LogP contribution in [-0.4, -0.2) is 132 Å². The Kier molecular flexibility index (Phi) is 7.75. The smallest absolute Gasteiger partial charge is 0.335 e. The molecule has 2 saturated heterocycles. The second-order valence-electron chi connectivity index (χ2n) is 8.88. The van der Waals surface area contributed by atoms with E-state index in [0.717, 1.165) is 0 Å². The monoisotopic (exact) mass is 533 g/mol. The molecule has 0 unspecified atom stereocenters. The molecule has 2 fully saturated rings. The van der Waals surface area contributed by atoms with E-state index in [-0.39, 0.29) is 12.2 Å². The molecule has 0 aliphatic carbocycles. The van der Waals surface area contributed by atoms with Crippen LogP contribution in [0.4, 0.5) is 5.69 Å². The largest absolute Gasteiger partial charge is 0.504 e. The topological polar surface area (TPSA) is 265 Å². The van der Waals surface area contributed by atoms with Crippen molar-refractivity contribution in [3.63, 3.8) is 0 Å². The number of fused-ring (bicyclic) bond motifs is 1. The lowest BCUT2D eigenvalue weighted by Crippen LogP contribution is -2.65. The first-order chi connectivity index (χ1) is 17.4. The molecule has 3 aliphatic heterocycles. The van der Waals surface area contributed by atoms with Gasteiger partial charge in [0.25, 0.3) is 0 Å². The van der Waals surface area contributed by atoms with Crippen LogP contribution in [0.1, 0.15) is 5.56 Å². The van der Waals surface area contributed by atoms with Crippen molar-refractivity contribution in [3.8, 4) is 11.5 Å². The molecule has 0 spiro atoms. The molecule has 16 heteroatoms. The van der Waals surface area contributed by atoms with E-state index in [2.05, 4.69) is 5.32 Å². The van der Waals surface area contributed by atoms with Gasteiger partial charge in [0.1, 0.15) is 42.7 Å². The number of phenolic OH excluding ortho intramolecular Hbond substituents is 1. The average molecular weight is 533 g/mol. The number of anilines is 1. The fourth-order valence-electron chi connectivity index (χ4n) is 4.36. The summed E-state index contributed by atoms with van der Waals surface area (Å²) in [6.07, 6.45) is -18.5. The van der Waals surface area contributed by atoms with Gasteiger partial charge in [-0.15, -0.1) is 0 Å². The lowest BCUT2D eigenvalue weighted by atomic mass is 9.97. The van der Waals surface area contributed by atoms with Crippen molar-refractivity contribution in [1.29, 1.82) is 0 Å². The summed E-state index contributed by atoms with van der Waals surface area (Å²) < 4.78 is 21.6. The number of phenols is 1. The Morgan fingerprint density at radius 1 is 0.919 bits per heavy atom. The minimum absolute atomic E-state index is 0.0479. The zero-order chi connectivity index (χ0) is 27.2. The maximum atomic E-state index is 11.4. The number of carboxylic acids is 2. The van der Waals surface area contributed by atoms with Crippen LogP contribution in [-0.2, 0) is 30.2 Å². The van der Waals surface area contributed by atoms with E-state index in [0.29, 0.717) is 11.3 Å². The van der Waals surface area contributed by atoms with Crippen LogP contribution in [0.15, 0.2) is 12.1 Å². The molecule has 37 heavy (non-hydrogen) atoms. The second kappa shape index (κ2) is 10.5. The quantitative estimate of drug-likeness (QED) is 0.160. The maximum Gasteiger partial charge on any atom is 0.335 e. The van der Waals surface area contributed by atoms with Gasteiger partial charge in [-0.05, 0) is 11.6 Å². The van der Waals surface area contributed by atoms with Crippen molar-refractivity contribution in [2.24, 2.45) is 0 Å². The predicted octanol–water partition coefficient (Wildman–Crippen LogP) is -4.09. The first kappa shape index (κ1) is 27.2. The van der Waals surface area contributed by atoms with Gasteiger partial charge in [-0.25, -0.2) is 9.59 Å².